The molecule has 6 N–H and O–H groups in total. The Morgan fingerprint density at radius 3 is 1.92 bits per heavy atom. The van der Waals surface area contributed by atoms with Gasteiger partial charge in [-0.25, -0.2) is 0 Å². The van der Waals surface area contributed by atoms with Crippen LogP contribution in [0.5, 0.6) is 0 Å². The number of rotatable bonds is 6. The van der Waals surface area contributed by atoms with Crippen LogP contribution < -0.4 is 11.1 Å². The van der Waals surface area contributed by atoms with Crippen molar-refractivity contribution in [2.75, 3.05) is 11.9 Å². The summed E-state index contributed by atoms with van der Waals surface area (Å²) in [4.78, 5) is 20.5. The van der Waals surface area contributed by atoms with E-state index >= 15 is 0 Å². The molecule has 1 unspecified atom stereocenters. The molecule has 7 nitrogen and oxygen atoms in total. The summed E-state index contributed by atoms with van der Waals surface area (Å²) >= 11 is 0. The van der Waals surface area contributed by atoms with Gasteiger partial charge < -0.3 is 26.4 Å². The fourth-order valence-electron chi connectivity index (χ4n) is 1.73. The summed E-state index contributed by atoms with van der Waals surface area (Å²) in [5, 5.41) is 29.0. The van der Waals surface area contributed by atoms with Crippen LogP contribution in [-0.4, -0.2) is 39.8 Å². The third kappa shape index (κ3) is 6.91. The average molecular weight is 332 g/mol. The Kier molecular flexibility index (Phi) is 7.97. The molecule has 0 fully saturated rings. The second-order valence-electron chi connectivity index (χ2n) is 4.83. The molecule has 0 radical (unpaired) electrons. The van der Waals surface area contributed by atoms with E-state index in [2.05, 4.69) is 5.32 Å². The van der Waals surface area contributed by atoms with E-state index in [0.717, 1.165) is 5.69 Å². The lowest BCUT2D eigenvalue weighted by molar-refractivity contribution is -0.141. The number of benzene rings is 2. The van der Waals surface area contributed by atoms with Gasteiger partial charge in [-0.15, -0.1) is 0 Å². The molecule has 0 saturated heterocycles. The van der Waals surface area contributed by atoms with Crippen molar-refractivity contribution in [1.29, 1.82) is 0 Å². The van der Waals surface area contributed by atoms with E-state index in [-0.39, 0.29) is 6.54 Å². The first-order valence-corrected chi connectivity index (χ1v) is 7.14. The van der Waals surface area contributed by atoms with Gasteiger partial charge in [0.25, 0.3) is 0 Å². The van der Waals surface area contributed by atoms with E-state index in [4.69, 9.17) is 15.9 Å². The van der Waals surface area contributed by atoms with Crippen LogP contribution in [-0.2, 0) is 9.59 Å². The first kappa shape index (κ1) is 19.1. The van der Waals surface area contributed by atoms with Gasteiger partial charge in [-0.3, -0.25) is 9.59 Å². The van der Waals surface area contributed by atoms with Crippen LogP contribution in [0, 0.1) is 0 Å². The molecule has 0 aromatic heterocycles. The van der Waals surface area contributed by atoms with Gasteiger partial charge in [0.1, 0.15) is 18.7 Å². The molecule has 0 heterocycles. The molecule has 2 atom stereocenters. The van der Waals surface area contributed by atoms with Crippen LogP contribution in [0.4, 0.5) is 5.69 Å². The number of carboxylic acids is 2. The summed E-state index contributed by atoms with van der Waals surface area (Å²) in [5.41, 5.74) is 6.58. The molecule has 0 aliphatic carbocycles. The van der Waals surface area contributed by atoms with Gasteiger partial charge in [0.2, 0.25) is 0 Å². The largest absolute Gasteiger partial charge is 0.480 e. The van der Waals surface area contributed by atoms with Crippen LogP contribution in [0.2, 0.25) is 0 Å². The number of aliphatic carboxylic acids is 2. The molecule has 0 aliphatic heterocycles. The van der Waals surface area contributed by atoms with E-state index in [1.807, 2.05) is 30.3 Å². The molecule has 7 heteroatoms. The molecule has 0 spiro atoms. The zero-order chi connectivity index (χ0) is 17.9. The summed E-state index contributed by atoms with van der Waals surface area (Å²) in [6, 6.07) is 16.4. The number of carbonyl (C=O) groups is 2. The number of nitrogens with one attached hydrogen (secondary N) is 1. The maximum atomic E-state index is 10.4. The normalized spacial score (nSPS) is 12.2. The highest BCUT2D eigenvalue weighted by atomic mass is 16.4. The fraction of sp³-hybridized carbons (Fsp3) is 0.176. The number of nitrogens with two attached hydrogens (primary N) is 1. The molecule has 2 aromatic rings. The van der Waals surface area contributed by atoms with Crippen LogP contribution >= 0.6 is 0 Å². The molecule has 2 aromatic carbocycles. The zero-order valence-electron chi connectivity index (χ0n) is 12.9. The van der Waals surface area contributed by atoms with Crippen molar-refractivity contribution in [3.8, 4) is 0 Å². The minimum atomic E-state index is -1.28. The highest BCUT2D eigenvalue weighted by molar-refractivity contribution is 5.74. The second-order valence-corrected chi connectivity index (χ2v) is 4.83. The number of aliphatic hydroxyl groups is 1. The van der Waals surface area contributed by atoms with Gasteiger partial charge in [-0.2, -0.15) is 0 Å². The molecular formula is C17H20N2O5. The number of aliphatic hydroxyl groups excluding tert-OH is 1. The highest BCUT2D eigenvalue weighted by Gasteiger charge is 2.22. The summed E-state index contributed by atoms with van der Waals surface area (Å²) in [7, 11) is 0. The van der Waals surface area contributed by atoms with Crippen molar-refractivity contribution in [3.05, 3.63) is 66.2 Å². The van der Waals surface area contributed by atoms with E-state index in [0.29, 0.717) is 5.56 Å². The van der Waals surface area contributed by atoms with E-state index in [1.165, 1.54) is 0 Å². The molecule has 0 aliphatic rings. The molecule has 24 heavy (non-hydrogen) atoms. The number of hydrogen-bond acceptors (Lipinski definition) is 5. The van der Waals surface area contributed by atoms with Gasteiger partial charge in [-0.1, -0.05) is 48.5 Å². The Bertz CT molecular complexity index is 634. The monoisotopic (exact) mass is 332 g/mol. The predicted molar refractivity (Wildman–Crippen MR) is 89.6 cm³/mol. The smallest absolute Gasteiger partial charge is 0.323 e. The van der Waals surface area contributed by atoms with Crippen molar-refractivity contribution < 1.29 is 24.9 Å². The summed E-state index contributed by atoms with van der Waals surface area (Å²) in [6.07, 6.45) is -1.15. The molecular weight excluding hydrogens is 312 g/mol. The van der Waals surface area contributed by atoms with Crippen molar-refractivity contribution in [2.24, 2.45) is 5.73 Å². The maximum absolute atomic E-state index is 10.4. The van der Waals surface area contributed by atoms with Crippen molar-refractivity contribution >= 4 is 17.6 Å². The summed E-state index contributed by atoms with van der Waals surface area (Å²) < 4.78 is 0. The predicted octanol–water partition coefficient (Wildman–Crippen LogP) is 1.31. The minimum Gasteiger partial charge on any atom is -0.480 e. The van der Waals surface area contributed by atoms with Crippen molar-refractivity contribution in [2.45, 2.75) is 12.1 Å². The number of anilines is 1. The Labute approximate surface area is 139 Å². The third-order valence-electron chi connectivity index (χ3n) is 2.98. The second kappa shape index (κ2) is 9.98. The van der Waals surface area contributed by atoms with Gasteiger partial charge >= 0.3 is 11.9 Å². The van der Waals surface area contributed by atoms with Gasteiger partial charge in [0.15, 0.2) is 0 Å². The molecule has 0 bridgehead atoms. The molecule has 0 amide bonds. The highest BCUT2D eigenvalue weighted by Crippen LogP contribution is 2.14. The van der Waals surface area contributed by atoms with Crippen LogP contribution in [0.3, 0.4) is 0 Å². The minimum absolute atomic E-state index is 0.0377. The molecule has 128 valence electrons. The van der Waals surface area contributed by atoms with Gasteiger partial charge in [0, 0.05) is 5.69 Å². The summed E-state index contributed by atoms with van der Waals surface area (Å²) in [5.74, 6) is -2.06. The quantitative estimate of drug-likeness (QED) is 0.538. The lowest BCUT2D eigenvalue weighted by Gasteiger charge is -2.14. The molecule has 2 rings (SSSR count). The van der Waals surface area contributed by atoms with Gasteiger partial charge in [0.05, 0.1) is 0 Å². The van der Waals surface area contributed by atoms with E-state index in [1.54, 1.807) is 30.3 Å². The van der Waals surface area contributed by atoms with E-state index in [9.17, 15) is 14.7 Å². The third-order valence-corrected chi connectivity index (χ3v) is 2.98. The zero-order valence-corrected chi connectivity index (χ0v) is 12.9. The van der Waals surface area contributed by atoms with Crippen molar-refractivity contribution in [1.82, 2.24) is 0 Å². The Hall–Kier alpha value is -2.90. The first-order valence-electron chi connectivity index (χ1n) is 7.14. The standard InChI is InChI=1S/C9H11NO3.C8H9NO2/c10-7(9(12)13)8(11)6-4-2-1-3-5-6;10-8(11)6-9-7-4-2-1-3-5-7/h1-5,7-8,11H,10H2,(H,12,13);1-5,9H,6H2,(H,10,11)/t7-,8?;/m0./s1. The summed E-state index contributed by atoms with van der Waals surface area (Å²) in [6.45, 7) is -0.0377. The van der Waals surface area contributed by atoms with Crippen LogP contribution in [0.15, 0.2) is 60.7 Å². The van der Waals surface area contributed by atoms with Crippen LogP contribution in [0.25, 0.3) is 0 Å². The topological polar surface area (TPSA) is 133 Å². The fourth-order valence-corrected chi connectivity index (χ4v) is 1.73. The molecule has 0 saturated carbocycles. The van der Waals surface area contributed by atoms with Gasteiger partial charge in [-0.05, 0) is 17.7 Å². The lowest BCUT2D eigenvalue weighted by Crippen LogP contribution is -2.36. The number of hydrogen-bond donors (Lipinski definition) is 5. The number of carboxylic acid groups (broad SMARTS) is 2. The number of para-hydroxylation sites is 1. The lowest BCUT2D eigenvalue weighted by atomic mass is 10.0. The Morgan fingerprint density at radius 1 is 0.958 bits per heavy atom. The maximum Gasteiger partial charge on any atom is 0.323 e. The average Bonchev–Trinajstić information content (AvgIpc) is 2.60. The van der Waals surface area contributed by atoms with Crippen LogP contribution in [0.1, 0.15) is 11.7 Å². The van der Waals surface area contributed by atoms with E-state index < -0.39 is 24.1 Å². The Morgan fingerprint density at radius 2 is 1.46 bits per heavy atom. The Balaban J connectivity index is 0.000000243. The SMILES string of the molecule is N[C@H](C(=O)O)C(O)c1ccccc1.O=C(O)CNc1ccccc1. The first-order chi connectivity index (χ1) is 11.4. The van der Waals surface area contributed by atoms with Crippen molar-refractivity contribution in [3.63, 3.8) is 0 Å².